The zero-order valence-corrected chi connectivity index (χ0v) is 17.9. The van der Waals surface area contributed by atoms with Crippen molar-refractivity contribution in [2.45, 2.75) is 20.3 Å². The van der Waals surface area contributed by atoms with Crippen molar-refractivity contribution in [2.75, 3.05) is 0 Å². The zero-order chi connectivity index (χ0) is 22.1. The molecule has 4 aromatic rings. The molecule has 0 saturated heterocycles. The third-order valence-electron chi connectivity index (χ3n) is 4.43. The van der Waals surface area contributed by atoms with Crippen LogP contribution in [0, 0.1) is 31.0 Å². The molecule has 9 heteroatoms. The monoisotopic (exact) mass is 457 g/mol. The Morgan fingerprint density at radius 3 is 2.61 bits per heavy atom. The summed E-state index contributed by atoms with van der Waals surface area (Å²) in [6.07, 6.45) is 0.0290. The third-order valence-corrected chi connectivity index (χ3v) is 4.95. The Morgan fingerprint density at radius 2 is 1.90 bits per heavy atom. The number of rotatable bonds is 5. The summed E-state index contributed by atoms with van der Waals surface area (Å²) in [6.45, 7) is 3.61. The van der Waals surface area contributed by atoms with E-state index in [-0.39, 0.29) is 50.9 Å². The number of nitrogens with zero attached hydrogens (tertiary/aromatic N) is 3. The van der Waals surface area contributed by atoms with Gasteiger partial charge >= 0.3 is 0 Å². The van der Waals surface area contributed by atoms with E-state index >= 15 is 4.39 Å². The second-order valence-corrected chi connectivity index (χ2v) is 7.59. The van der Waals surface area contributed by atoms with Gasteiger partial charge in [-0.3, -0.25) is 0 Å². The molecule has 2 heterocycles. The van der Waals surface area contributed by atoms with Crippen LogP contribution >= 0.6 is 23.2 Å². The molecular formula is C22H14Cl2FN3O3. The fraction of sp³-hybridized carbons (Fsp3) is 0.136. The molecule has 31 heavy (non-hydrogen) atoms. The molecule has 0 aliphatic rings. The van der Waals surface area contributed by atoms with Crippen molar-refractivity contribution < 1.29 is 18.0 Å². The lowest BCUT2D eigenvalue weighted by Crippen LogP contribution is -1.98. The molecule has 0 spiro atoms. The first-order valence-electron chi connectivity index (χ1n) is 9.09. The molecule has 0 unspecified atom stereocenters. The van der Waals surface area contributed by atoms with Crippen LogP contribution in [-0.4, -0.2) is 10.2 Å². The van der Waals surface area contributed by atoms with Crippen molar-refractivity contribution in [3.8, 4) is 29.0 Å². The summed E-state index contributed by atoms with van der Waals surface area (Å²) in [6, 6.07) is 11.1. The molecule has 0 bridgehead atoms. The number of halogens is 3. The van der Waals surface area contributed by atoms with Gasteiger partial charge in [0, 0.05) is 10.6 Å². The van der Waals surface area contributed by atoms with Crippen molar-refractivity contribution in [2.24, 2.45) is 0 Å². The molecule has 156 valence electrons. The first kappa shape index (κ1) is 20.9. The molecule has 0 radical (unpaired) electrons. The Kier molecular flexibility index (Phi) is 5.68. The smallest absolute Gasteiger partial charge is 0.251 e. The Bertz CT molecular complexity index is 1320. The highest BCUT2D eigenvalue weighted by Gasteiger charge is 2.19. The van der Waals surface area contributed by atoms with Crippen molar-refractivity contribution in [1.82, 2.24) is 10.2 Å². The molecule has 0 aliphatic carbocycles. The van der Waals surface area contributed by atoms with Crippen molar-refractivity contribution in [3.63, 3.8) is 0 Å². The Labute approximate surface area is 186 Å². The quantitative estimate of drug-likeness (QED) is 0.333. The summed E-state index contributed by atoms with van der Waals surface area (Å²) in [5, 5.41) is 17.4. The number of ether oxygens (including phenoxy) is 1. The average Bonchev–Trinajstić information content (AvgIpc) is 3.32. The van der Waals surface area contributed by atoms with Gasteiger partial charge in [-0.1, -0.05) is 29.3 Å². The number of nitriles is 1. The van der Waals surface area contributed by atoms with E-state index in [1.54, 1.807) is 13.0 Å². The minimum atomic E-state index is -0.680. The fourth-order valence-electron chi connectivity index (χ4n) is 3.05. The van der Waals surface area contributed by atoms with Gasteiger partial charge in [-0.05, 0) is 44.2 Å². The summed E-state index contributed by atoms with van der Waals surface area (Å²) in [4.78, 5) is 0. The fourth-order valence-corrected chi connectivity index (χ4v) is 3.46. The predicted molar refractivity (Wildman–Crippen MR) is 112 cm³/mol. The van der Waals surface area contributed by atoms with Gasteiger partial charge in [0.2, 0.25) is 5.89 Å². The number of benzene rings is 2. The van der Waals surface area contributed by atoms with Crippen LogP contribution in [0.3, 0.4) is 0 Å². The number of aromatic nitrogens is 2. The molecule has 2 aromatic heterocycles. The maximum atomic E-state index is 15.2. The second kappa shape index (κ2) is 8.42. The molecule has 4 rings (SSSR count). The van der Waals surface area contributed by atoms with Crippen LogP contribution in [0.4, 0.5) is 4.39 Å². The first-order valence-corrected chi connectivity index (χ1v) is 9.85. The normalized spacial score (nSPS) is 10.8. The van der Waals surface area contributed by atoms with Gasteiger partial charge < -0.3 is 13.6 Å². The Balaban J connectivity index is 1.62. The van der Waals surface area contributed by atoms with Crippen molar-refractivity contribution >= 4 is 23.2 Å². The van der Waals surface area contributed by atoms with E-state index < -0.39 is 5.82 Å². The highest BCUT2D eigenvalue weighted by atomic mass is 35.5. The van der Waals surface area contributed by atoms with Gasteiger partial charge in [0.15, 0.2) is 11.6 Å². The molecule has 0 fully saturated rings. The summed E-state index contributed by atoms with van der Waals surface area (Å²) in [5.41, 5.74) is 1.21. The van der Waals surface area contributed by atoms with E-state index in [1.165, 1.54) is 30.3 Å². The highest BCUT2D eigenvalue weighted by molar-refractivity contribution is 6.32. The van der Waals surface area contributed by atoms with Crippen LogP contribution in [0.1, 0.15) is 28.5 Å². The van der Waals surface area contributed by atoms with Gasteiger partial charge in [0.1, 0.15) is 17.3 Å². The molecule has 6 nitrogen and oxygen atoms in total. The van der Waals surface area contributed by atoms with Gasteiger partial charge in [0.05, 0.1) is 28.6 Å². The molecule has 0 aliphatic heterocycles. The van der Waals surface area contributed by atoms with E-state index in [2.05, 4.69) is 10.2 Å². The Morgan fingerprint density at radius 1 is 1.10 bits per heavy atom. The molecular weight excluding hydrogens is 444 g/mol. The first-order chi connectivity index (χ1) is 14.8. The van der Waals surface area contributed by atoms with Crippen LogP contribution in [0.2, 0.25) is 10.0 Å². The topological polar surface area (TPSA) is 85.1 Å². The summed E-state index contributed by atoms with van der Waals surface area (Å²) >= 11 is 12.1. The van der Waals surface area contributed by atoms with Gasteiger partial charge in [-0.25, -0.2) is 4.39 Å². The molecule has 0 atom stereocenters. The van der Waals surface area contributed by atoms with Crippen LogP contribution < -0.4 is 4.74 Å². The minimum Gasteiger partial charge on any atom is -0.466 e. The molecule has 0 saturated carbocycles. The highest BCUT2D eigenvalue weighted by Crippen LogP contribution is 2.36. The largest absolute Gasteiger partial charge is 0.466 e. The Hall–Kier alpha value is -3.34. The van der Waals surface area contributed by atoms with E-state index in [0.29, 0.717) is 11.3 Å². The number of furan rings is 1. The summed E-state index contributed by atoms with van der Waals surface area (Å²) < 4.78 is 31.9. The third kappa shape index (κ3) is 4.41. The van der Waals surface area contributed by atoms with E-state index in [9.17, 15) is 0 Å². The SMILES string of the molecule is Cc1cc(-c2nnc(Cc3ccc(Cl)c(Oc4cc(Cl)cc(C#N)c4)c3F)o2)c(C)o1. The number of hydrogen-bond acceptors (Lipinski definition) is 6. The van der Waals surface area contributed by atoms with E-state index in [4.69, 9.17) is 42.0 Å². The van der Waals surface area contributed by atoms with Crippen LogP contribution in [0.15, 0.2) is 45.2 Å². The van der Waals surface area contributed by atoms with Gasteiger partial charge in [0.25, 0.3) is 5.89 Å². The molecule has 2 aromatic carbocycles. The maximum Gasteiger partial charge on any atom is 0.251 e. The lowest BCUT2D eigenvalue weighted by Gasteiger charge is -2.11. The molecule has 0 amide bonds. The van der Waals surface area contributed by atoms with Crippen molar-refractivity contribution in [1.29, 1.82) is 5.26 Å². The van der Waals surface area contributed by atoms with Crippen LogP contribution in [0.25, 0.3) is 11.5 Å². The number of hydrogen-bond donors (Lipinski definition) is 0. The van der Waals surface area contributed by atoms with Gasteiger partial charge in [-0.15, -0.1) is 10.2 Å². The van der Waals surface area contributed by atoms with E-state index in [0.717, 1.165) is 5.76 Å². The predicted octanol–water partition coefficient (Wildman–Crippen LogP) is 6.65. The molecule has 0 N–H and O–H groups in total. The van der Waals surface area contributed by atoms with E-state index in [1.807, 2.05) is 13.0 Å². The zero-order valence-electron chi connectivity index (χ0n) is 16.4. The summed E-state index contributed by atoms with van der Waals surface area (Å²) in [7, 11) is 0. The van der Waals surface area contributed by atoms with Crippen LogP contribution in [0.5, 0.6) is 11.5 Å². The lowest BCUT2D eigenvalue weighted by atomic mass is 10.1. The van der Waals surface area contributed by atoms with Crippen molar-refractivity contribution in [3.05, 3.63) is 80.8 Å². The number of aryl methyl sites for hydroxylation is 2. The average molecular weight is 458 g/mol. The lowest BCUT2D eigenvalue weighted by molar-refractivity contribution is 0.437. The second-order valence-electron chi connectivity index (χ2n) is 6.74. The minimum absolute atomic E-state index is 0.0290. The standard InChI is InChI=1S/C22H14Cl2FN3O3/c1-11-5-17(12(2)29-11)22-28-27-19(31-22)8-14-3-4-18(24)21(20(14)25)30-16-7-13(10-26)6-15(23)9-16/h3-7,9H,8H2,1-2H3. The maximum absolute atomic E-state index is 15.2. The van der Waals surface area contributed by atoms with Gasteiger partial charge in [-0.2, -0.15) is 5.26 Å². The van der Waals surface area contributed by atoms with Crippen LogP contribution in [-0.2, 0) is 6.42 Å². The summed E-state index contributed by atoms with van der Waals surface area (Å²) in [5.74, 6) is 1.20.